The number of nitrogens with one attached hydrogen (secondary N) is 1. The number of aromatic nitrogens is 2. The van der Waals surface area contributed by atoms with Crippen LogP contribution < -0.4 is 15.1 Å². The Morgan fingerprint density at radius 1 is 0.917 bits per heavy atom. The van der Waals surface area contributed by atoms with E-state index in [2.05, 4.69) is 15.3 Å². The lowest BCUT2D eigenvalue weighted by Crippen LogP contribution is -2.34. The molecule has 2 amide bonds. The maximum atomic E-state index is 13.5. The van der Waals surface area contributed by atoms with Crippen molar-refractivity contribution in [2.24, 2.45) is 5.92 Å². The molecule has 1 aliphatic heterocycles. The van der Waals surface area contributed by atoms with E-state index in [0.29, 0.717) is 41.6 Å². The Morgan fingerprint density at radius 3 is 2.50 bits per heavy atom. The lowest BCUT2D eigenvalue weighted by atomic mass is 9.88. The van der Waals surface area contributed by atoms with Gasteiger partial charge >= 0.3 is 5.97 Å². The van der Waals surface area contributed by atoms with Crippen LogP contribution in [-0.4, -0.2) is 46.5 Å². The third-order valence-corrected chi connectivity index (χ3v) is 10.6. The van der Waals surface area contributed by atoms with Gasteiger partial charge in [0, 0.05) is 42.9 Å². The number of amides is 2. The summed E-state index contributed by atoms with van der Waals surface area (Å²) in [6.07, 6.45) is 5.83. The van der Waals surface area contributed by atoms with Crippen LogP contribution in [0.5, 0.6) is 0 Å². The van der Waals surface area contributed by atoms with E-state index in [-0.39, 0.29) is 23.4 Å². The molecule has 48 heavy (non-hydrogen) atoms. The normalized spacial score (nSPS) is 14.8. The Kier molecular flexibility index (Phi) is 8.66. The minimum absolute atomic E-state index is 0.0242. The van der Waals surface area contributed by atoms with Crippen molar-refractivity contribution >= 4 is 56.0 Å². The minimum atomic E-state index is -1.13. The number of carbonyl (C=O) groups excluding carboxylic acids is 2. The Hall–Kier alpha value is -5.09. The number of anilines is 3. The summed E-state index contributed by atoms with van der Waals surface area (Å²) in [7, 11) is 1.81. The monoisotopic (exact) mass is 659 g/mol. The number of benzene rings is 3. The van der Waals surface area contributed by atoms with Crippen LogP contribution >= 0.6 is 11.3 Å². The van der Waals surface area contributed by atoms with Gasteiger partial charge in [0.05, 0.1) is 10.2 Å². The molecule has 0 radical (unpaired) electrons. The highest BCUT2D eigenvalue weighted by Crippen LogP contribution is 2.36. The number of thiazole rings is 1. The third-order valence-electron chi connectivity index (χ3n) is 9.68. The molecule has 0 bridgehead atoms. The molecule has 1 fully saturated rings. The zero-order valence-corrected chi connectivity index (χ0v) is 27.8. The number of aromatic carboxylic acids is 1. The molecule has 5 aromatic rings. The van der Waals surface area contributed by atoms with Crippen molar-refractivity contribution in [3.63, 3.8) is 0 Å². The van der Waals surface area contributed by atoms with Crippen LogP contribution in [0, 0.1) is 12.8 Å². The fourth-order valence-electron chi connectivity index (χ4n) is 7.11. The minimum Gasteiger partial charge on any atom is -0.476 e. The molecule has 1 saturated carbocycles. The molecular weight excluding hydrogens is 623 g/mol. The zero-order valence-electron chi connectivity index (χ0n) is 27.0. The second-order valence-corrected chi connectivity index (χ2v) is 13.6. The lowest BCUT2D eigenvalue weighted by Gasteiger charge is -2.31. The van der Waals surface area contributed by atoms with Gasteiger partial charge in [0.25, 0.3) is 5.91 Å². The number of rotatable bonds is 7. The van der Waals surface area contributed by atoms with E-state index in [0.717, 1.165) is 63.8 Å². The van der Waals surface area contributed by atoms with Crippen molar-refractivity contribution in [1.29, 1.82) is 0 Å². The van der Waals surface area contributed by atoms with Crippen LogP contribution in [-0.2, 0) is 17.8 Å². The van der Waals surface area contributed by atoms with Crippen LogP contribution in [0.25, 0.3) is 21.3 Å². The van der Waals surface area contributed by atoms with E-state index in [1.54, 1.807) is 4.90 Å². The van der Waals surface area contributed by atoms with Gasteiger partial charge in [-0.1, -0.05) is 67.0 Å². The van der Waals surface area contributed by atoms with Crippen molar-refractivity contribution in [2.45, 2.75) is 52.0 Å². The number of hydrogen-bond donors (Lipinski definition) is 2. The summed E-state index contributed by atoms with van der Waals surface area (Å²) < 4.78 is 1.000. The Morgan fingerprint density at radius 2 is 1.71 bits per heavy atom. The Labute approximate surface area is 283 Å². The highest BCUT2D eigenvalue weighted by Gasteiger charge is 2.28. The van der Waals surface area contributed by atoms with E-state index in [4.69, 9.17) is 0 Å². The highest BCUT2D eigenvalue weighted by molar-refractivity contribution is 7.22. The Balaban J connectivity index is 1.15. The fourth-order valence-corrected chi connectivity index (χ4v) is 7.97. The SMILES string of the molecule is Cc1c(-c2ccc(N3CCc4cccc(C(=O)Nc5nc6ccccc6s5)c4C3)nc2C(=O)O)cccc1N(C)C(=O)C1CCCCC1. The van der Waals surface area contributed by atoms with E-state index in [1.165, 1.54) is 17.8 Å². The number of carboxylic acids is 1. The van der Waals surface area contributed by atoms with E-state index >= 15 is 0 Å². The summed E-state index contributed by atoms with van der Waals surface area (Å²) in [5.74, 6) is -0.695. The van der Waals surface area contributed by atoms with Crippen LogP contribution in [0.15, 0.2) is 72.8 Å². The van der Waals surface area contributed by atoms with E-state index in [1.807, 2.05) is 91.7 Å². The molecule has 7 rings (SSSR count). The molecule has 0 spiro atoms. The molecule has 244 valence electrons. The van der Waals surface area contributed by atoms with Gasteiger partial charge in [-0.2, -0.15) is 0 Å². The lowest BCUT2D eigenvalue weighted by molar-refractivity contribution is -0.123. The smallest absolute Gasteiger partial charge is 0.355 e. The molecule has 0 saturated heterocycles. The van der Waals surface area contributed by atoms with Gasteiger partial charge < -0.3 is 14.9 Å². The fraction of sp³-hybridized carbons (Fsp3) is 0.289. The number of nitrogens with zero attached hydrogens (tertiary/aromatic N) is 4. The van der Waals surface area contributed by atoms with Gasteiger partial charge in [0.2, 0.25) is 5.91 Å². The largest absolute Gasteiger partial charge is 0.476 e. The topological polar surface area (TPSA) is 116 Å². The molecule has 1 aliphatic carbocycles. The van der Waals surface area contributed by atoms with Gasteiger partial charge in [-0.3, -0.25) is 14.9 Å². The molecule has 2 aromatic heterocycles. The van der Waals surface area contributed by atoms with Crippen molar-refractivity contribution in [2.75, 3.05) is 28.7 Å². The summed E-state index contributed by atoms with van der Waals surface area (Å²) in [5.41, 5.74) is 6.14. The maximum absolute atomic E-state index is 13.5. The van der Waals surface area contributed by atoms with Crippen LogP contribution in [0.2, 0.25) is 0 Å². The number of pyridine rings is 1. The highest BCUT2D eigenvalue weighted by atomic mass is 32.1. The zero-order chi connectivity index (χ0) is 33.4. The van der Waals surface area contributed by atoms with Crippen LogP contribution in [0.1, 0.15) is 69.6 Å². The van der Waals surface area contributed by atoms with Gasteiger partial charge in [-0.15, -0.1) is 0 Å². The van der Waals surface area contributed by atoms with E-state index < -0.39 is 5.97 Å². The van der Waals surface area contributed by atoms with Crippen molar-refractivity contribution < 1.29 is 19.5 Å². The summed E-state index contributed by atoms with van der Waals surface area (Å²) in [5, 5.41) is 13.9. The van der Waals surface area contributed by atoms with Gasteiger partial charge in [0.15, 0.2) is 10.8 Å². The van der Waals surface area contributed by atoms with E-state index in [9.17, 15) is 19.5 Å². The summed E-state index contributed by atoms with van der Waals surface area (Å²) in [4.78, 5) is 52.5. The number of para-hydroxylation sites is 1. The number of carboxylic acid groups (broad SMARTS) is 1. The van der Waals surface area contributed by atoms with Crippen molar-refractivity contribution in [3.05, 3.63) is 101 Å². The molecule has 3 heterocycles. The first-order chi connectivity index (χ1) is 23.3. The predicted molar refractivity (Wildman–Crippen MR) is 190 cm³/mol. The van der Waals surface area contributed by atoms with Crippen molar-refractivity contribution in [1.82, 2.24) is 9.97 Å². The van der Waals surface area contributed by atoms with Gasteiger partial charge in [-0.05, 0) is 84.8 Å². The average Bonchev–Trinajstić information content (AvgIpc) is 3.53. The average molecular weight is 660 g/mol. The number of fused-ring (bicyclic) bond motifs is 2. The standard InChI is InChI=1S/C38H37N5O4S/c1-23-26(13-9-16-31(23)42(2)36(45)25-10-4-3-5-11-25)27-18-19-33(40-34(27)37(46)47)43-21-20-24-12-8-14-28(29(24)22-43)35(44)41-38-39-30-15-6-7-17-32(30)48-38/h6-9,12-19,25H,3-5,10-11,20-22H2,1-2H3,(H,46,47)(H,39,41,44). The summed E-state index contributed by atoms with van der Waals surface area (Å²) >= 11 is 1.43. The van der Waals surface area contributed by atoms with Crippen LogP contribution in [0.4, 0.5) is 16.6 Å². The number of carbonyl (C=O) groups is 3. The molecule has 2 N–H and O–H groups in total. The van der Waals surface area contributed by atoms with Gasteiger partial charge in [0.1, 0.15) is 5.82 Å². The molecule has 2 aliphatic rings. The van der Waals surface area contributed by atoms with Crippen molar-refractivity contribution in [3.8, 4) is 11.1 Å². The second-order valence-electron chi connectivity index (χ2n) is 12.6. The first-order valence-electron chi connectivity index (χ1n) is 16.4. The number of hydrogen-bond acceptors (Lipinski definition) is 7. The molecular formula is C38H37N5O4S. The second kappa shape index (κ2) is 13.2. The molecule has 0 unspecified atom stereocenters. The molecule has 3 aromatic carbocycles. The third kappa shape index (κ3) is 6.04. The first kappa shape index (κ1) is 31.5. The predicted octanol–water partition coefficient (Wildman–Crippen LogP) is 7.72. The quantitative estimate of drug-likeness (QED) is 0.184. The van der Waals surface area contributed by atoms with Gasteiger partial charge in [-0.25, -0.2) is 14.8 Å². The Bertz CT molecular complexity index is 2020. The van der Waals surface area contributed by atoms with Crippen LogP contribution in [0.3, 0.4) is 0 Å². The maximum Gasteiger partial charge on any atom is 0.355 e. The first-order valence-corrected chi connectivity index (χ1v) is 17.2. The molecule has 9 nitrogen and oxygen atoms in total. The molecule has 0 atom stereocenters. The molecule has 10 heteroatoms. The summed E-state index contributed by atoms with van der Waals surface area (Å²) in [6, 6.07) is 22.8. The summed E-state index contributed by atoms with van der Waals surface area (Å²) in [6.45, 7) is 2.97.